The van der Waals surface area contributed by atoms with Crippen molar-refractivity contribution in [2.75, 3.05) is 11.9 Å². The lowest BCUT2D eigenvalue weighted by molar-refractivity contribution is -0.127. The van der Waals surface area contributed by atoms with Gasteiger partial charge in [0.25, 0.3) is 11.8 Å². The number of rotatable bonds is 9. The maximum absolute atomic E-state index is 13.7. The number of anilines is 1. The van der Waals surface area contributed by atoms with Crippen molar-refractivity contribution < 1.29 is 19.1 Å². The van der Waals surface area contributed by atoms with E-state index in [2.05, 4.69) is 16.4 Å². The molecule has 9 nitrogen and oxygen atoms in total. The minimum Gasteiger partial charge on any atom is -0.388 e. The van der Waals surface area contributed by atoms with Crippen LogP contribution in [-0.4, -0.2) is 48.9 Å². The van der Waals surface area contributed by atoms with Gasteiger partial charge in [0, 0.05) is 30.2 Å². The topological polar surface area (TPSA) is 124 Å². The molecule has 5 rings (SSSR count). The Labute approximate surface area is 272 Å². The van der Waals surface area contributed by atoms with Gasteiger partial charge in [-0.25, -0.2) is 9.97 Å². The van der Waals surface area contributed by atoms with Crippen LogP contribution in [0.5, 0.6) is 0 Å². The highest BCUT2D eigenvalue weighted by Crippen LogP contribution is 2.32. The monoisotopic (exact) mass is 642 g/mol. The number of carbonyl (C=O) groups is 2. The van der Waals surface area contributed by atoms with Crippen LogP contribution in [0.3, 0.4) is 0 Å². The molecule has 2 amide bonds. The summed E-state index contributed by atoms with van der Waals surface area (Å²) in [5, 5.41) is 23.6. The number of aliphatic hydroxyl groups excluding tert-OH is 1. The first-order valence-electron chi connectivity index (χ1n) is 15.5. The number of allylic oxidation sites excluding steroid dienone is 1. The number of thiophene rings is 1. The quantitative estimate of drug-likeness (QED) is 0.114. The van der Waals surface area contributed by atoms with Crippen LogP contribution in [0.15, 0.2) is 60.3 Å². The number of likely N-dealkylation sites (tertiary alicyclic amines) is 1. The molecule has 1 aromatic carbocycles. The Bertz CT molecular complexity index is 1830. The summed E-state index contributed by atoms with van der Waals surface area (Å²) in [6, 6.07) is 13.9. The van der Waals surface area contributed by atoms with Crippen LogP contribution in [-0.2, 0) is 11.3 Å². The molecule has 3 aromatic heterocycles. The van der Waals surface area contributed by atoms with Gasteiger partial charge in [0.2, 0.25) is 11.9 Å². The van der Waals surface area contributed by atoms with E-state index in [0.29, 0.717) is 47.3 Å². The second-order valence-corrected chi connectivity index (χ2v) is 14.3. The number of imidazole rings is 1. The molecule has 0 saturated carbocycles. The first kappa shape index (κ1) is 33.0. The van der Waals surface area contributed by atoms with Crippen LogP contribution < -0.4 is 5.32 Å². The highest BCUT2D eigenvalue weighted by Gasteiger charge is 2.33. The number of hydrogen-bond acceptors (Lipinski definition) is 7. The van der Waals surface area contributed by atoms with E-state index < -0.39 is 12.1 Å². The van der Waals surface area contributed by atoms with Crippen LogP contribution >= 0.6 is 11.3 Å². The molecular weight excluding hydrogens is 603 g/mol. The van der Waals surface area contributed by atoms with Crippen molar-refractivity contribution >= 4 is 40.1 Å². The highest BCUT2D eigenvalue weighted by molar-refractivity contribution is 7.17. The Morgan fingerprint density at radius 3 is 2.70 bits per heavy atom. The SMILES string of the molecule is CC(C)CC(O)c1ccc2c(c1)nc(NC(=O)c1ccc(-c3ccnc(F)c3)s1)n2C[C@H]1CCCN1C(=O)C(C#N)=CC(C)(C)C. The van der Waals surface area contributed by atoms with E-state index in [9.17, 15) is 24.3 Å². The number of nitrogens with zero attached hydrogens (tertiary/aromatic N) is 5. The molecule has 0 bridgehead atoms. The average molecular weight is 643 g/mol. The predicted molar refractivity (Wildman–Crippen MR) is 177 cm³/mol. The molecule has 1 fully saturated rings. The summed E-state index contributed by atoms with van der Waals surface area (Å²) in [6.45, 7) is 10.8. The number of amides is 2. The molecule has 2 atom stereocenters. The van der Waals surface area contributed by atoms with Gasteiger partial charge in [-0.3, -0.25) is 14.9 Å². The molecule has 1 unspecified atom stereocenters. The molecule has 1 aliphatic heterocycles. The number of nitriles is 1. The number of pyridine rings is 1. The highest BCUT2D eigenvalue weighted by atomic mass is 32.1. The van der Waals surface area contributed by atoms with Crippen LogP contribution in [0.2, 0.25) is 0 Å². The van der Waals surface area contributed by atoms with Gasteiger partial charge in [-0.05, 0) is 72.1 Å². The molecular formula is C35H39FN6O3S. The molecule has 0 spiro atoms. The number of aliphatic hydroxyl groups is 1. The van der Waals surface area contributed by atoms with Crippen molar-refractivity contribution in [3.8, 4) is 16.5 Å². The molecule has 0 radical (unpaired) electrons. The van der Waals surface area contributed by atoms with Crippen molar-refractivity contribution in [1.29, 1.82) is 5.26 Å². The van der Waals surface area contributed by atoms with Crippen LogP contribution in [0.4, 0.5) is 10.3 Å². The summed E-state index contributed by atoms with van der Waals surface area (Å²) in [5.74, 6) is -0.660. The van der Waals surface area contributed by atoms with Gasteiger partial charge in [-0.1, -0.05) is 46.8 Å². The van der Waals surface area contributed by atoms with E-state index in [1.165, 1.54) is 23.6 Å². The minimum absolute atomic E-state index is 0.120. The first-order valence-corrected chi connectivity index (χ1v) is 16.3. The van der Waals surface area contributed by atoms with Crippen LogP contribution in [0.1, 0.15) is 75.2 Å². The number of carbonyl (C=O) groups excluding carboxylic acids is 2. The molecule has 2 N–H and O–H groups in total. The predicted octanol–water partition coefficient (Wildman–Crippen LogP) is 7.12. The number of aromatic nitrogens is 3. The molecule has 4 heterocycles. The number of halogens is 1. The Kier molecular flexibility index (Phi) is 9.70. The zero-order valence-corrected chi connectivity index (χ0v) is 27.6. The normalized spacial score (nSPS) is 16.2. The van der Waals surface area contributed by atoms with Gasteiger partial charge in [-0.15, -0.1) is 11.3 Å². The van der Waals surface area contributed by atoms with Gasteiger partial charge >= 0.3 is 0 Å². The van der Waals surface area contributed by atoms with Crippen molar-refractivity contribution in [3.63, 3.8) is 0 Å². The lowest BCUT2D eigenvalue weighted by Gasteiger charge is -2.26. The van der Waals surface area contributed by atoms with E-state index in [1.54, 1.807) is 29.2 Å². The first-order chi connectivity index (χ1) is 21.8. The Morgan fingerprint density at radius 2 is 2.00 bits per heavy atom. The van der Waals surface area contributed by atoms with Crippen molar-refractivity contribution in [3.05, 3.63) is 76.7 Å². The minimum atomic E-state index is -0.655. The standard InChI is InChI=1S/C35H39FN6O3S/c1-21(2)15-28(43)22-8-9-27-26(16-22)39-34(40-32(44)30-11-10-29(46-30)23-12-13-38-31(36)17-23)42(27)20-25-7-6-14-41(25)33(45)24(19-37)18-35(3,4)5/h8-13,16-18,21,25,28,43H,6-7,14-15,20H2,1-5H3,(H,39,40,44)/t25-,28?/m1/s1. The molecule has 1 aliphatic rings. The summed E-state index contributed by atoms with van der Waals surface area (Å²) in [7, 11) is 0. The van der Waals surface area contributed by atoms with Crippen LogP contribution in [0, 0.1) is 28.6 Å². The van der Waals surface area contributed by atoms with Crippen molar-refractivity contribution in [2.45, 2.75) is 72.6 Å². The molecule has 4 aromatic rings. The van der Waals surface area contributed by atoms with Gasteiger partial charge < -0.3 is 14.6 Å². The fourth-order valence-electron chi connectivity index (χ4n) is 5.78. The second kappa shape index (κ2) is 13.5. The fraction of sp³-hybridized carbons (Fsp3) is 0.400. The van der Waals surface area contributed by atoms with E-state index in [-0.39, 0.29) is 28.8 Å². The van der Waals surface area contributed by atoms with E-state index in [4.69, 9.17) is 4.98 Å². The molecule has 1 saturated heterocycles. The summed E-state index contributed by atoms with van der Waals surface area (Å²) in [4.78, 5) is 38.4. The van der Waals surface area contributed by atoms with Crippen LogP contribution in [0.25, 0.3) is 21.5 Å². The third kappa shape index (κ3) is 7.52. The molecule has 0 aliphatic carbocycles. The van der Waals surface area contributed by atoms with Crippen molar-refractivity contribution in [2.24, 2.45) is 11.3 Å². The number of fused-ring (bicyclic) bond motifs is 1. The zero-order chi connectivity index (χ0) is 33.2. The lowest BCUT2D eigenvalue weighted by Crippen LogP contribution is -2.39. The lowest BCUT2D eigenvalue weighted by atomic mass is 9.93. The van der Waals surface area contributed by atoms with Gasteiger partial charge in [-0.2, -0.15) is 9.65 Å². The Morgan fingerprint density at radius 1 is 1.22 bits per heavy atom. The summed E-state index contributed by atoms with van der Waals surface area (Å²) in [5.41, 5.74) is 2.50. The maximum atomic E-state index is 13.7. The van der Waals surface area contributed by atoms with Gasteiger partial charge in [0.1, 0.15) is 11.6 Å². The molecule has 11 heteroatoms. The number of nitrogens with one attached hydrogen (secondary N) is 1. The summed E-state index contributed by atoms with van der Waals surface area (Å²) in [6.07, 6.45) is 4.56. The number of hydrogen-bond donors (Lipinski definition) is 2. The maximum Gasteiger partial charge on any atom is 0.268 e. The Hall–Kier alpha value is -4.40. The third-order valence-electron chi connectivity index (χ3n) is 7.88. The summed E-state index contributed by atoms with van der Waals surface area (Å²) >= 11 is 1.23. The second-order valence-electron chi connectivity index (χ2n) is 13.3. The van der Waals surface area contributed by atoms with E-state index >= 15 is 0 Å². The van der Waals surface area contributed by atoms with Gasteiger partial charge in [0.15, 0.2) is 0 Å². The number of benzene rings is 1. The summed E-state index contributed by atoms with van der Waals surface area (Å²) < 4.78 is 15.6. The van der Waals surface area contributed by atoms with Gasteiger partial charge in [0.05, 0.1) is 28.1 Å². The molecule has 46 heavy (non-hydrogen) atoms. The third-order valence-corrected chi connectivity index (χ3v) is 9.01. The average Bonchev–Trinajstić information content (AvgIpc) is 3.74. The fourth-order valence-corrected chi connectivity index (χ4v) is 6.68. The van der Waals surface area contributed by atoms with E-state index in [1.807, 2.05) is 57.4 Å². The molecule has 240 valence electrons. The zero-order valence-electron chi connectivity index (χ0n) is 26.7. The smallest absolute Gasteiger partial charge is 0.268 e. The largest absolute Gasteiger partial charge is 0.388 e. The Balaban J connectivity index is 1.48. The van der Waals surface area contributed by atoms with Crippen molar-refractivity contribution in [1.82, 2.24) is 19.4 Å². The van der Waals surface area contributed by atoms with E-state index in [0.717, 1.165) is 28.8 Å².